The highest BCUT2D eigenvalue weighted by Gasteiger charge is 2.20. The number of methoxy groups -OCH3 is 1. The third kappa shape index (κ3) is 3.91. The van der Waals surface area contributed by atoms with Gasteiger partial charge in [-0.15, -0.1) is 0 Å². The summed E-state index contributed by atoms with van der Waals surface area (Å²) in [5.41, 5.74) is 10.5. The van der Waals surface area contributed by atoms with Gasteiger partial charge in [0.05, 0.1) is 12.8 Å². The van der Waals surface area contributed by atoms with Gasteiger partial charge >= 0.3 is 0 Å². The van der Waals surface area contributed by atoms with Gasteiger partial charge in [-0.3, -0.25) is 4.79 Å². The minimum absolute atomic E-state index is 0.128. The number of hydrogen-bond donors (Lipinski definition) is 2. The molecule has 3 rings (SSSR count). The molecule has 0 aliphatic carbocycles. The molecule has 1 heterocycles. The summed E-state index contributed by atoms with van der Waals surface area (Å²) in [6, 6.07) is 9.13. The molecule has 5 nitrogen and oxygen atoms in total. The monoisotopic (exact) mass is 401 g/mol. The summed E-state index contributed by atoms with van der Waals surface area (Å²) >= 11 is 7.27. The van der Waals surface area contributed by atoms with Crippen molar-refractivity contribution in [3.8, 4) is 5.75 Å². The van der Waals surface area contributed by atoms with Gasteiger partial charge in [-0.25, -0.2) is 4.98 Å². The van der Waals surface area contributed by atoms with E-state index in [1.54, 1.807) is 25.3 Å². The molecule has 0 fully saturated rings. The van der Waals surface area contributed by atoms with Crippen LogP contribution in [0.4, 0.5) is 16.6 Å². The molecule has 0 saturated carbocycles. The van der Waals surface area contributed by atoms with Crippen LogP contribution in [0, 0.1) is 20.8 Å². The first kappa shape index (κ1) is 19.2. The molecule has 140 valence electrons. The van der Waals surface area contributed by atoms with Crippen LogP contribution in [0.1, 0.15) is 31.9 Å². The Kier molecular flexibility index (Phi) is 5.39. The van der Waals surface area contributed by atoms with Crippen molar-refractivity contribution in [2.24, 2.45) is 0 Å². The Balaban J connectivity index is 1.95. The number of thiazole rings is 1. The lowest BCUT2D eigenvalue weighted by Crippen LogP contribution is -2.05. The molecule has 1 aromatic heterocycles. The van der Waals surface area contributed by atoms with Crippen LogP contribution >= 0.6 is 22.9 Å². The third-order valence-electron chi connectivity index (χ3n) is 4.35. The SMILES string of the molecule is COc1ccc(Cl)cc1Nc1nc(N)c(C(=O)c2cc(C)c(C)cc2C)s1. The largest absolute Gasteiger partial charge is 0.495 e. The Morgan fingerprint density at radius 2 is 1.85 bits per heavy atom. The summed E-state index contributed by atoms with van der Waals surface area (Å²) < 4.78 is 5.32. The van der Waals surface area contributed by atoms with E-state index < -0.39 is 0 Å². The lowest BCUT2D eigenvalue weighted by Gasteiger charge is -2.09. The first-order valence-corrected chi connectivity index (χ1v) is 9.49. The van der Waals surface area contributed by atoms with E-state index in [2.05, 4.69) is 10.3 Å². The summed E-state index contributed by atoms with van der Waals surface area (Å²) in [6.07, 6.45) is 0. The number of hydrogen-bond acceptors (Lipinski definition) is 6. The number of nitrogen functional groups attached to an aromatic ring is 1. The summed E-state index contributed by atoms with van der Waals surface area (Å²) in [5, 5.41) is 4.19. The first-order valence-electron chi connectivity index (χ1n) is 8.29. The van der Waals surface area contributed by atoms with Crippen LogP contribution in [-0.2, 0) is 0 Å². The molecule has 7 heteroatoms. The molecule has 0 aliphatic heterocycles. The number of rotatable bonds is 5. The maximum atomic E-state index is 13.0. The molecule has 0 spiro atoms. The van der Waals surface area contributed by atoms with E-state index in [9.17, 15) is 4.79 Å². The average Bonchev–Trinajstić information content (AvgIpc) is 2.98. The van der Waals surface area contributed by atoms with Gasteiger partial charge in [0.15, 0.2) is 5.13 Å². The van der Waals surface area contributed by atoms with E-state index in [4.69, 9.17) is 22.1 Å². The van der Waals surface area contributed by atoms with Crippen LogP contribution in [0.25, 0.3) is 0 Å². The second-order valence-electron chi connectivity index (χ2n) is 6.28. The maximum Gasteiger partial charge on any atom is 0.207 e. The molecular weight excluding hydrogens is 382 g/mol. The van der Waals surface area contributed by atoms with Crippen molar-refractivity contribution < 1.29 is 9.53 Å². The van der Waals surface area contributed by atoms with E-state index in [-0.39, 0.29) is 11.6 Å². The second-order valence-corrected chi connectivity index (χ2v) is 7.72. The van der Waals surface area contributed by atoms with E-state index in [1.807, 2.05) is 32.9 Å². The van der Waals surface area contributed by atoms with E-state index in [0.29, 0.717) is 32.0 Å². The molecular formula is C20H20ClN3O2S. The smallest absolute Gasteiger partial charge is 0.207 e. The quantitative estimate of drug-likeness (QED) is 0.568. The number of nitrogens with two attached hydrogens (primary N) is 1. The lowest BCUT2D eigenvalue weighted by atomic mass is 9.97. The van der Waals surface area contributed by atoms with E-state index >= 15 is 0 Å². The van der Waals surface area contributed by atoms with Crippen molar-refractivity contribution in [3.05, 3.63) is 62.5 Å². The zero-order valence-electron chi connectivity index (χ0n) is 15.5. The highest BCUT2D eigenvalue weighted by atomic mass is 35.5. The number of aromatic nitrogens is 1. The average molecular weight is 402 g/mol. The van der Waals surface area contributed by atoms with Gasteiger partial charge < -0.3 is 15.8 Å². The van der Waals surface area contributed by atoms with Gasteiger partial charge in [0, 0.05) is 10.6 Å². The maximum absolute atomic E-state index is 13.0. The summed E-state index contributed by atoms with van der Waals surface area (Å²) in [5.74, 6) is 0.689. The van der Waals surface area contributed by atoms with Crippen LogP contribution in [0.15, 0.2) is 30.3 Å². The van der Waals surface area contributed by atoms with Crippen LogP contribution in [0.3, 0.4) is 0 Å². The van der Waals surface area contributed by atoms with Gasteiger partial charge in [0.25, 0.3) is 0 Å². The van der Waals surface area contributed by atoms with Gasteiger partial charge in [-0.1, -0.05) is 29.0 Å². The third-order valence-corrected chi connectivity index (χ3v) is 5.57. The minimum atomic E-state index is -0.128. The number of ketones is 1. The fourth-order valence-electron chi connectivity index (χ4n) is 2.77. The van der Waals surface area contributed by atoms with Crippen molar-refractivity contribution in [1.29, 1.82) is 0 Å². The Morgan fingerprint density at radius 3 is 2.56 bits per heavy atom. The topological polar surface area (TPSA) is 77.2 Å². The Morgan fingerprint density at radius 1 is 1.15 bits per heavy atom. The molecule has 0 saturated heterocycles. The highest BCUT2D eigenvalue weighted by Crippen LogP contribution is 2.35. The number of carbonyl (C=O) groups excluding carboxylic acids is 1. The molecule has 0 amide bonds. The van der Waals surface area contributed by atoms with E-state index in [1.165, 1.54) is 11.3 Å². The Hall–Kier alpha value is -2.57. The molecule has 27 heavy (non-hydrogen) atoms. The number of anilines is 3. The number of aryl methyl sites for hydroxylation is 3. The molecule has 0 bridgehead atoms. The zero-order valence-corrected chi connectivity index (χ0v) is 17.1. The Labute approximate surface area is 167 Å². The van der Waals surface area contributed by atoms with Crippen LogP contribution in [-0.4, -0.2) is 17.9 Å². The molecule has 0 radical (unpaired) electrons. The predicted octanol–water partition coefficient (Wildman–Crippen LogP) is 5.29. The van der Waals surface area contributed by atoms with Crippen LogP contribution < -0.4 is 15.8 Å². The van der Waals surface area contributed by atoms with E-state index in [0.717, 1.165) is 16.7 Å². The molecule has 3 aromatic rings. The number of benzene rings is 2. The summed E-state index contributed by atoms with van der Waals surface area (Å²) in [4.78, 5) is 17.7. The lowest BCUT2D eigenvalue weighted by molar-refractivity contribution is 0.104. The van der Waals surface area contributed by atoms with Gasteiger partial charge in [0.2, 0.25) is 5.78 Å². The normalized spacial score (nSPS) is 10.7. The van der Waals surface area contributed by atoms with Crippen molar-refractivity contribution in [3.63, 3.8) is 0 Å². The minimum Gasteiger partial charge on any atom is -0.495 e. The molecule has 3 N–H and O–H groups in total. The number of halogens is 1. The van der Waals surface area contributed by atoms with Crippen molar-refractivity contribution in [2.75, 3.05) is 18.2 Å². The van der Waals surface area contributed by atoms with Crippen LogP contribution in [0.5, 0.6) is 5.75 Å². The summed E-state index contributed by atoms with van der Waals surface area (Å²) in [6.45, 7) is 5.94. The number of ether oxygens (including phenoxy) is 1. The summed E-state index contributed by atoms with van der Waals surface area (Å²) in [7, 11) is 1.57. The standard InChI is InChI=1S/C20H20ClN3O2S/c1-10-7-12(3)14(8-11(10)2)17(25)18-19(22)24-20(27-18)23-15-9-13(21)5-6-16(15)26-4/h5-9H,22H2,1-4H3,(H,23,24). The second kappa shape index (κ2) is 7.58. The molecule has 0 atom stereocenters. The number of nitrogens with zero attached hydrogens (tertiary/aromatic N) is 1. The van der Waals surface area contributed by atoms with Crippen LogP contribution in [0.2, 0.25) is 5.02 Å². The van der Waals surface area contributed by atoms with Crippen molar-refractivity contribution in [1.82, 2.24) is 4.98 Å². The molecule has 0 aliphatic rings. The zero-order chi connectivity index (χ0) is 19.7. The molecule has 2 aromatic carbocycles. The van der Waals surface area contributed by atoms with Crippen molar-refractivity contribution >= 4 is 45.4 Å². The van der Waals surface area contributed by atoms with Gasteiger partial charge in [-0.2, -0.15) is 0 Å². The van der Waals surface area contributed by atoms with Crippen molar-refractivity contribution in [2.45, 2.75) is 20.8 Å². The Bertz CT molecular complexity index is 1030. The fraction of sp³-hybridized carbons (Fsp3) is 0.200. The molecule has 0 unspecified atom stereocenters. The predicted molar refractivity (Wildman–Crippen MR) is 112 cm³/mol. The fourth-order valence-corrected chi connectivity index (χ4v) is 3.79. The van der Waals surface area contributed by atoms with Gasteiger partial charge in [-0.05, 0) is 61.7 Å². The number of carbonyl (C=O) groups is 1. The number of nitrogens with one attached hydrogen (secondary N) is 1. The first-order chi connectivity index (χ1) is 12.8. The highest BCUT2D eigenvalue weighted by molar-refractivity contribution is 7.18. The van der Waals surface area contributed by atoms with Gasteiger partial charge in [0.1, 0.15) is 16.4 Å².